The van der Waals surface area contributed by atoms with Crippen molar-refractivity contribution in [3.05, 3.63) is 39.9 Å². The second-order valence-electron chi connectivity index (χ2n) is 4.32. The largest absolute Gasteiger partial charge is 0.348 e. The quantitative estimate of drug-likeness (QED) is 0.620. The first-order valence-electron chi connectivity index (χ1n) is 5.93. The molecule has 1 atom stereocenters. The fourth-order valence-electron chi connectivity index (χ4n) is 1.98. The Labute approximate surface area is 105 Å². The zero-order valence-corrected chi connectivity index (χ0v) is 9.89. The van der Waals surface area contributed by atoms with Gasteiger partial charge in [-0.1, -0.05) is 0 Å². The zero-order chi connectivity index (χ0) is 13.0. The Morgan fingerprint density at radius 2 is 2.11 bits per heavy atom. The minimum atomic E-state index is -0.479. The molecule has 6 nitrogen and oxygen atoms in total. The molecule has 1 aliphatic rings. The van der Waals surface area contributed by atoms with E-state index in [9.17, 15) is 14.9 Å². The number of non-ortho nitro benzene ring substituents is 1. The summed E-state index contributed by atoms with van der Waals surface area (Å²) < 4.78 is 0. The summed E-state index contributed by atoms with van der Waals surface area (Å²) >= 11 is 0. The van der Waals surface area contributed by atoms with Gasteiger partial charge in [-0.05, 0) is 31.5 Å². The number of amides is 1. The Balaban J connectivity index is 1.97. The van der Waals surface area contributed by atoms with Crippen molar-refractivity contribution in [2.45, 2.75) is 18.9 Å². The number of nitro groups is 1. The first kappa shape index (κ1) is 12.5. The second kappa shape index (κ2) is 5.59. The maximum atomic E-state index is 11.9. The zero-order valence-electron chi connectivity index (χ0n) is 9.89. The van der Waals surface area contributed by atoms with Crippen molar-refractivity contribution in [2.75, 3.05) is 13.1 Å². The van der Waals surface area contributed by atoms with Crippen LogP contribution in [-0.4, -0.2) is 30.0 Å². The number of carbonyl (C=O) groups is 1. The van der Waals surface area contributed by atoms with Gasteiger partial charge in [-0.25, -0.2) is 0 Å². The molecule has 0 spiro atoms. The Morgan fingerprint density at radius 3 is 2.67 bits per heavy atom. The van der Waals surface area contributed by atoms with Gasteiger partial charge in [-0.15, -0.1) is 0 Å². The monoisotopic (exact) mass is 249 g/mol. The minimum Gasteiger partial charge on any atom is -0.348 e. The molecule has 0 aromatic heterocycles. The third-order valence-electron chi connectivity index (χ3n) is 2.97. The van der Waals surface area contributed by atoms with Crippen molar-refractivity contribution in [2.24, 2.45) is 0 Å². The van der Waals surface area contributed by atoms with Crippen LogP contribution in [0.25, 0.3) is 0 Å². The minimum absolute atomic E-state index is 0.00844. The fraction of sp³-hybridized carbons (Fsp3) is 0.417. The third-order valence-corrected chi connectivity index (χ3v) is 2.97. The van der Waals surface area contributed by atoms with Crippen LogP contribution in [0.2, 0.25) is 0 Å². The highest BCUT2D eigenvalue weighted by Crippen LogP contribution is 2.12. The van der Waals surface area contributed by atoms with Gasteiger partial charge < -0.3 is 10.6 Å². The fourth-order valence-corrected chi connectivity index (χ4v) is 1.98. The number of carbonyl (C=O) groups excluding carboxylic acids is 1. The van der Waals surface area contributed by atoms with Crippen molar-refractivity contribution in [3.8, 4) is 0 Å². The van der Waals surface area contributed by atoms with Gasteiger partial charge in [0.2, 0.25) is 0 Å². The van der Waals surface area contributed by atoms with Crippen LogP contribution in [0.3, 0.4) is 0 Å². The van der Waals surface area contributed by atoms with Gasteiger partial charge in [0.1, 0.15) is 0 Å². The Bertz CT molecular complexity index is 438. The molecule has 1 aliphatic heterocycles. The normalized spacial score (nSPS) is 19.2. The topological polar surface area (TPSA) is 84.3 Å². The molecule has 0 unspecified atom stereocenters. The van der Waals surface area contributed by atoms with E-state index in [-0.39, 0.29) is 17.6 Å². The lowest BCUT2D eigenvalue weighted by Gasteiger charge is -2.23. The van der Waals surface area contributed by atoms with Gasteiger partial charge >= 0.3 is 0 Å². The maximum absolute atomic E-state index is 11.9. The van der Waals surface area contributed by atoms with Gasteiger partial charge in [0, 0.05) is 30.3 Å². The molecule has 0 saturated carbocycles. The highest BCUT2D eigenvalue weighted by Gasteiger charge is 2.16. The number of hydrogen-bond donors (Lipinski definition) is 2. The Morgan fingerprint density at radius 1 is 1.39 bits per heavy atom. The summed E-state index contributed by atoms with van der Waals surface area (Å²) in [7, 11) is 0. The lowest BCUT2D eigenvalue weighted by molar-refractivity contribution is -0.384. The summed E-state index contributed by atoms with van der Waals surface area (Å²) in [6.45, 7) is 1.77. The van der Waals surface area contributed by atoms with Crippen molar-refractivity contribution in [1.82, 2.24) is 10.6 Å². The Kier molecular flexibility index (Phi) is 3.88. The number of nitrogens with zero attached hydrogens (tertiary/aromatic N) is 1. The third kappa shape index (κ3) is 3.04. The number of hydrogen-bond acceptors (Lipinski definition) is 4. The highest BCUT2D eigenvalue weighted by atomic mass is 16.6. The number of benzene rings is 1. The van der Waals surface area contributed by atoms with Gasteiger partial charge in [-0.2, -0.15) is 0 Å². The molecule has 6 heteroatoms. The van der Waals surface area contributed by atoms with E-state index >= 15 is 0 Å². The summed E-state index contributed by atoms with van der Waals surface area (Å²) in [5.41, 5.74) is 0.442. The predicted molar refractivity (Wildman–Crippen MR) is 66.5 cm³/mol. The van der Waals surface area contributed by atoms with Crippen molar-refractivity contribution >= 4 is 11.6 Å². The number of rotatable bonds is 3. The van der Waals surface area contributed by atoms with E-state index in [1.807, 2.05) is 0 Å². The molecule has 2 N–H and O–H groups in total. The number of nitro benzene ring substituents is 1. The van der Waals surface area contributed by atoms with Gasteiger partial charge in [-0.3, -0.25) is 14.9 Å². The van der Waals surface area contributed by atoms with Crippen molar-refractivity contribution in [1.29, 1.82) is 0 Å². The number of piperidine rings is 1. The summed E-state index contributed by atoms with van der Waals surface area (Å²) in [4.78, 5) is 21.9. The van der Waals surface area contributed by atoms with Crippen molar-refractivity contribution in [3.63, 3.8) is 0 Å². The van der Waals surface area contributed by atoms with Crippen LogP contribution in [0.1, 0.15) is 23.2 Å². The SMILES string of the molecule is O=C(N[C@@H]1CCCNC1)c1ccc([N+](=O)[O-])cc1. The van der Waals surface area contributed by atoms with E-state index < -0.39 is 4.92 Å². The number of nitrogens with one attached hydrogen (secondary N) is 2. The van der Waals surface area contributed by atoms with Gasteiger partial charge in [0.15, 0.2) is 0 Å². The van der Waals surface area contributed by atoms with Crippen LogP contribution in [0.4, 0.5) is 5.69 Å². The average Bonchev–Trinajstić information content (AvgIpc) is 2.40. The molecular formula is C12H15N3O3. The van der Waals surface area contributed by atoms with Crippen molar-refractivity contribution < 1.29 is 9.72 Å². The molecule has 1 amide bonds. The van der Waals surface area contributed by atoms with E-state index in [4.69, 9.17) is 0 Å². The molecule has 1 heterocycles. The molecule has 0 radical (unpaired) electrons. The first-order valence-corrected chi connectivity index (χ1v) is 5.93. The summed E-state index contributed by atoms with van der Waals surface area (Å²) in [5, 5.41) is 16.6. The van der Waals surface area contributed by atoms with E-state index in [2.05, 4.69) is 10.6 Å². The highest BCUT2D eigenvalue weighted by molar-refractivity contribution is 5.94. The standard InChI is InChI=1S/C12H15N3O3/c16-12(14-10-2-1-7-13-8-10)9-3-5-11(6-4-9)15(17)18/h3-6,10,13H,1-2,7-8H2,(H,14,16)/t10-/m1/s1. The molecule has 0 bridgehead atoms. The van der Waals surface area contributed by atoms with Gasteiger partial charge in [0.05, 0.1) is 4.92 Å². The molecule has 1 aromatic rings. The predicted octanol–water partition coefficient (Wildman–Crippen LogP) is 1.08. The smallest absolute Gasteiger partial charge is 0.269 e. The molecule has 96 valence electrons. The molecule has 1 fully saturated rings. The van der Waals surface area contributed by atoms with Crippen LogP contribution in [0, 0.1) is 10.1 Å². The molecule has 2 rings (SSSR count). The van der Waals surface area contributed by atoms with E-state index in [0.717, 1.165) is 25.9 Å². The lowest BCUT2D eigenvalue weighted by Crippen LogP contribution is -2.45. The van der Waals surface area contributed by atoms with E-state index in [1.165, 1.54) is 24.3 Å². The molecule has 18 heavy (non-hydrogen) atoms. The van der Waals surface area contributed by atoms with E-state index in [0.29, 0.717) is 5.56 Å². The van der Waals surface area contributed by atoms with Crippen LogP contribution >= 0.6 is 0 Å². The first-order chi connectivity index (χ1) is 8.66. The molecule has 1 saturated heterocycles. The molecular weight excluding hydrogens is 234 g/mol. The average molecular weight is 249 g/mol. The van der Waals surface area contributed by atoms with Crippen LogP contribution in [-0.2, 0) is 0 Å². The molecule has 0 aliphatic carbocycles. The van der Waals surface area contributed by atoms with Crippen LogP contribution < -0.4 is 10.6 Å². The van der Waals surface area contributed by atoms with Crippen LogP contribution in [0.15, 0.2) is 24.3 Å². The summed E-state index contributed by atoms with van der Waals surface area (Å²) in [6, 6.07) is 5.77. The second-order valence-corrected chi connectivity index (χ2v) is 4.32. The maximum Gasteiger partial charge on any atom is 0.269 e. The lowest BCUT2D eigenvalue weighted by atomic mass is 10.1. The molecule has 1 aromatic carbocycles. The van der Waals surface area contributed by atoms with Gasteiger partial charge in [0.25, 0.3) is 11.6 Å². The Hall–Kier alpha value is -1.95. The van der Waals surface area contributed by atoms with E-state index in [1.54, 1.807) is 0 Å². The summed E-state index contributed by atoms with van der Waals surface area (Å²) in [5.74, 6) is -0.182. The summed E-state index contributed by atoms with van der Waals surface area (Å²) in [6.07, 6.45) is 2.01. The van der Waals surface area contributed by atoms with Crippen LogP contribution in [0.5, 0.6) is 0 Å².